The van der Waals surface area contributed by atoms with E-state index in [0.29, 0.717) is 32.3 Å². The lowest BCUT2D eigenvalue weighted by Crippen LogP contribution is -2.12. The predicted octanol–water partition coefficient (Wildman–Crippen LogP) is 6.04. The molecular weight excluding hydrogens is 364 g/mol. The van der Waals surface area contributed by atoms with E-state index < -0.39 is 0 Å². The fraction of sp³-hybridized carbons (Fsp3) is 0.520. The second-order valence-electron chi connectivity index (χ2n) is 7.44. The molecule has 0 bridgehead atoms. The Morgan fingerprint density at radius 1 is 0.828 bits per heavy atom. The molecule has 0 saturated heterocycles. The Morgan fingerprint density at radius 2 is 1.41 bits per heavy atom. The maximum atomic E-state index is 6.08. The van der Waals surface area contributed by atoms with E-state index in [1.807, 2.05) is 0 Å². The Labute approximate surface area is 176 Å². The quantitative estimate of drug-likeness (QED) is 0.384. The highest BCUT2D eigenvalue weighted by atomic mass is 16.5. The zero-order valence-corrected chi connectivity index (χ0v) is 18.6. The molecule has 1 atom stereocenters. The average Bonchev–Trinajstić information content (AvgIpc) is 2.72. The first-order chi connectivity index (χ1) is 14.1. The van der Waals surface area contributed by atoms with Crippen LogP contribution in [0.1, 0.15) is 61.3 Å². The Balaban J connectivity index is 1.95. The minimum atomic E-state index is 0.464. The first-order valence-electron chi connectivity index (χ1n) is 10.6. The molecule has 2 rings (SSSR count). The number of ether oxygens (including phenoxy) is 4. The van der Waals surface area contributed by atoms with Gasteiger partial charge in [0.25, 0.3) is 0 Å². The smallest absolute Gasteiger partial charge is 0.130 e. The van der Waals surface area contributed by atoms with Gasteiger partial charge in [-0.15, -0.1) is 0 Å². The van der Waals surface area contributed by atoms with Crippen molar-refractivity contribution in [2.45, 2.75) is 59.2 Å². The molecule has 0 spiro atoms. The van der Waals surface area contributed by atoms with E-state index in [1.54, 1.807) is 14.2 Å². The van der Waals surface area contributed by atoms with E-state index in [1.165, 1.54) is 30.4 Å². The summed E-state index contributed by atoms with van der Waals surface area (Å²) in [5, 5.41) is 0. The number of hydrogen-bond donors (Lipinski definition) is 0. The topological polar surface area (TPSA) is 36.9 Å². The highest BCUT2D eigenvalue weighted by molar-refractivity contribution is 5.44. The molecule has 0 fully saturated rings. The van der Waals surface area contributed by atoms with E-state index in [-0.39, 0.29) is 0 Å². The van der Waals surface area contributed by atoms with E-state index in [2.05, 4.69) is 57.2 Å². The number of hydrogen-bond acceptors (Lipinski definition) is 4. The Bertz CT molecular complexity index is 697. The van der Waals surface area contributed by atoms with Gasteiger partial charge >= 0.3 is 0 Å². The van der Waals surface area contributed by atoms with Gasteiger partial charge in [0.15, 0.2) is 0 Å². The van der Waals surface area contributed by atoms with Crippen molar-refractivity contribution in [3.63, 3.8) is 0 Å². The van der Waals surface area contributed by atoms with Crippen LogP contribution in [0.3, 0.4) is 0 Å². The minimum absolute atomic E-state index is 0.464. The van der Waals surface area contributed by atoms with Gasteiger partial charge in [0, 0.05) is 25.3 Å². The predicted molar refractivity (Wildman–Crippen MR) is 118 cm³/mol. The van der Waals surface area contributed by atoms with Gasteiger partial charge in [-0.05, 0) is 43.4 Å². The molecule has 160 valence electrons. The van der Waals surface area contributed by atoms with E-state index in [0.717, 1.165) is 22.6 Å². The molecule has 0 N–H and O–H groups in total. The largest absolute Gasteiger partial charge is 0.490 e. The Hall–Kier alpha value is -2.04. The van der Waals surface area contributed by atoms with Crippen LogP contribution in [-0.2, 0) is 22.7 Å². The van der Waals surface area contributed by atoms with Crippen molar-refractivity contribution in [1.29, 1.82) is 0 Å². The molecule has 0 saturated carbocycles. The number of benzene rings is 2. The zero-order valence-electron chi connectivity index (χ0n) is 18.6. The average molecular weight is 401 g/mol. The van der Waals surface area contributed by atoms with Crippen LogP contribution in [0.5, 0.6) is 11.5 Å². The van der Waals surface area contributed by atoms with Crippen molar-refractivity contribution in [3.8, 4) is 11.5 Å². The van der Waals surface area contributed by atoms with Crippen LogP contribution in [0.4, 0.5) is 0 Å². The van der Waals surface area contributed by atoms with Crippen LogP contribution >= 0.6 is 0 Å². The van der Waals surface area contributed by atoms with Crippen molar-refractivity contribution >= 4 is 0 Å². The van der Waals surface area contributed by atoms with E-state index in [9.17, 15) is 0 Å². The van der Waals surface area contributed by atoms with Crippen LogP contribution in [0.15, 0.2) is 36.4 Å². The fourth-order valence-corrected chi connectivity index (χ4v) is 3.73. The van der Waals surface area contributed by atoms with E-state index in [4.69, 9.17) is 18.9 Å². The number of aryl methyl sites for hydroxylation is 1. The second kappa shape index (κ2) is 12.5. The molecule has 29 heavy (non-hydrogen) atoms. The zero-order chi connectivity index (χ0) is 21.1. The highest BCUT2D eigenvalue weighted by Gasteiger charge is 2.12. The first-order valence-corrected chi connectivity index (χ1v) is 10.6. The van der Waals surface area contributed by atoms with Gasteiger partial charge in [0.05, 0.1) is 13.2 Å². The minimum Gasteiger partial charge on any atom is -0.490 e. The molecule has 4 nitrogen and oxygen atoms in total. The lowest BCUT2D eigenvalue weighted by Gasteiger charge is -2.17. The summed E-state index contributed by atoms with van der Waals surface area (Å²) < 4.78 is 22.6. The van der Waals surface area contributed by atoms with Crippen molar-refractivity contribution in [1.82, 2.24) is 0 Å². The van der Waals surface area contributed by atoms with Crippen LogP contribution in [0.25, 0.3) is 0 Å². The van der Waals surface area contributed by atoms with Crippen LogP contribution < -0.4 is 9.47 Å². The summed E-state index contributed by atoms with van der Waals surface area (Å²) in [4.78, 5) is 0. The summed E-state index contributed by atoms with van der Waals surface area (Å²) in [5.41, 5.74) is 4.63. The maximum Gasteiger partial charge on any atom is 0.130 e. The monoisotopic (exact) mass is 400 g/mol. The van der Waals surface area contributed by atoms with Gasteiger partial charge in [0.1, 0.15) is 24.7 Å². The fourth-order valence-electron chi connectivity index (χ4n) is 3.73. The molecule has 1 unspecified atom stereocenters. The molecule has 4 heteroatoms. The van der Waals surface area contributed by atoms with Crippen LogP contribution in [0, 0.1) is 6.92 Å². The van der Waals surface area contributed by atoms with Gasteiger partial charge < -0.3 is 18.9 Å². The van der Waals surface area contributed by atoms with E-state index >= 15 is 0 Å². The Kier molecular flexibility index (Phi) is 10.0. The SMILES string of the molecule is CCCC(CC)c1ccc(OCCOc2c(COC)cc(C)cc2COC)cc1. The van der Waals surface area contributed by atoms with Crippen molar-refractivity contribution < 1.29 is 18.9 Å². The summed E-state index contributed by atoms with van der Waals surface area (Å²) in [6, 6.07) is 12.7. The normalized spacial score (nSPS) is 12.0. The summed E-state index contributed by atoms with van der Waals surface area (Å²) in [6.07, 6.45) is 3.62. The molecule has 0 aliphatic heterocycles. The Morgan fingerprint density at radius 3 is 1.93 bits per heavy atom. The maximum absolute atomic E-state index is 6.08. The second-order valence-corrected chi connectivity index (χ2v) is 7.44. The molecular formula is C25H36O4. The third-order valence-corrected chi connectivity index (χ3v) is 5.07. The van der Waals surface area contributed by atoms with Crippen molar-refractivity contribution in [2.24, 2.45) is 0 Å². The molecule has 0 aliphatic rings. The summed E-state index contributed by atoms with van der Waals surface area (Å²) in [7, 11) is 3.39. The molecule has 2 aromatic rings. The molecule has 0 heterocycles. The third-order valence-electron chi connectivity index (χ3n) is 5.07. The summed E-state index contributed by atoms with van der Waals surface area (Å²) in [5.74, 6) is 2.35. The molecule has 0 aliphatic carbocycles. The lowest BCUT2D eigenvalue weighted by atomic mass is 9.92. The van der Waals surface area contributed by atoms with Gasteiger partial charge in [0.2, 0.25) is 0 Å². The highest BCUT2D eigenvalue weighted by Crippen LogP contribution is 2.28. The number of methoxy groups -OCH3 is 2. The molecule has 0 amide bonds. The van der Waals surface area contributed by atoms with Gasteiger partial charge in [-0.2, -0.15) is 0 Å². The first kappa shape index (κ1) is 23.2. The lowest BCUT2D eigenvalue weighted by molar-refractivity contribution is 0.164. The van der Waals surface area contributed by atoms with Gasteiger partial charge in [-0.1, -0.05) is 50.1 Å². The summed E-state index contributed by atoms with van der Waals surface area (Å²) in [6.45, 7) is 8.52. The molecule has 0 radical (unpaired) electrons. The molecule has 2 aromatic carbocycles. The van der Waals surface area contributed by atoms with Crippen LogP contribution in [-0.4, -0.2) is 27.4 Å². The van der Waals surface area contributed by atoms with Crippen molar-refractivity contribution in [3.05, 3.63) is 58.7 Å². The van der Waals surface area contributed by atoms with Gasteiger partial charge in [-0.3, -0.25) is 0 Å². The number of rotatable bonds is 13. The van der Waals surface area contributed by atoms with Gasteiger partial charge in [-0.25, -0.2) is 0 Å². The van der Waals surface area contributed by atoms with Crippen LogP contribution in [0.2, 0.25) is 0 Å². The third kappa shape index (κ3) is 7.06. The molecule has 0 aromatic heterocycles. The summed E-state index contributed by atoms with van der Waals surface area (Å²) >= 11 is 0. The van der Waals surface area contributed by atoms with Crippen molar-refractivity contribution in [2.75, 3.05) is 27.4 Å². The standard InChI is InChI=1S/C25H36O4/c1-6-8-20(7-2)21-9-11-24(12-10-21)28-13-14-29-25-22(17-26-4)15-19(3)16-23(25)18-27-5/h9-12,15-16,20H,6-8,13-14,17-18H2,1-5H3.